The maximum absolute atomic E-state index is 9.80. The SMILES string of the molecule is CC(C)(O)O[C@H]1C[C@H](n2cnc3c(Cl)ncnc32)O[C@@H]1CO. The van der Waals surface area contributed by atoms with Crippen LogP contribution in [0.3, 0.4) is 0 Å². The van der Waals surface area contributed by atoms with Crippen LogP contribution in [0.25, 0.3) is 11.2 Å². The van der Waals surface area contributed by atoms with Crippen molar-refractivity contribution in [2.24, 2.45) is 0 Å². The van der Waals surface area contributed by atoms with Gasteiger partial charge in [-0.1, -0.05) is 11.6 Å². The molecule has 0 spiro atoms. The van der Waals surface area contributed by atoms with Gasteiger partial charge in [0, 0.05) is 6.42 Å². The summed E-state index contributed by atoms with van der Waals surface area (Å²) in [5.41, 5.74) is 1.03. The Kier molecular flexibility index (Phi) is 4.04. The second-order valence-corrected chi connectivity index (χ2v) is 6.00. The van der Waals surface area contributed by atoms with Crippen molar-refractivity contribution in [1.82, 2.24) is 19.5 Å². The van der Waals surface area contributed by atoms with Gasteiger partial charge in [0.25, 0.3) is 0 Å². The molecule has 2 aromatic heterocycles. The smallest absolute Gasteiger partial charge is 0.166 e. The number of hydrogen-bond acceptors (Lipinski definition) is 7. The molecule has 3 rings (SSSR count). The molecule has 0 radical (unpaired) electrons. The number of aliphatic hydroxyl groups is 2. The molecule has 0 aromatic carbocycles. The van der Waals surface area contributed by atoms with Crippen LogP contribution >= 0.6 is 11.6 Å². The predicted octanol–water partition coefficient (Wildman–Crippen LogP) is 0.873. The summed E-state index contributed by atoms with van der Waals surface area (Å²) in [4.78, 5) is 12.2. The maximum atomic E-state index is 9.80. The van der Waals surface area contributed by atoms with Gasteiger partial charge in [0.15, 0.2) is 16.6 Å². The van der Waals surface area contributed by atoms with Crippen LogP contribution in [0, 0.1) is 0 Å². The van der Waals surface area contributed by atoms with Crippen molar-refractivity contribution >= 4 is 22.8 Å². The number of nitrogens with zero attached hydrogens (tertiary/aromatic N) is 4. The summed E-state index contributed by atoms with van der Waals surface area (Å²) in [5.74, 6) is -1.31. The minimum Gasteiger partial charge on any atom is -0.394 e. The van der Waals surface area contributed by atoms with Crippen LogP contribution < -0.4 is 0 Å². The zero-order valence-corrected chi connectivity index (χ0v) is 12.9. The first-order chi connectivity index (χ1) is 10.4. The average Bonchev–Trinajstić information content (AvgIpc) is 3.01. The Labute approximate surface area is 131 Å². The maximum Gasteiger partial charge on any atom is 0.166 e. The van der Waals surface area contributed by atoms with Crippen LogP contribution in [0.5, 0.6) is 0 Å². The molecule has 0 unspecified atom stereocenters. The van der Waals surface area contributed by atoms with E-state index in [1.165, 1.54) is 20.2 Å². The van der Waals surface area contributed by atoms with Crippen molar-refractivity contribution in [1.29, 1.82) is 0 Å². The lowest BCUT2D eigenvalue weighted by Gasteiger charge is -2.25. The van der Waals surface area contributed by atoms with Gasteiger partial charge in [0.05, 0.1) is 19.0 Å². The van der Waals surface area contributed by atoms with Crippen LogP contribution in [0.15, 0.2) is 12.7 Å². The molecule has 0 aliphatic carbocycles. The van der Waals surface area contributed by atoms with E-state index < -0.39 is 24.2 Å². The molecule has 2 N–H and O–H groups in total. The number of fused-ring (bicyclic) bond motifs is 1. The molecule has 0 amide bonds. The van der Waals surface area contributed by atoms with E-state index in [1.807, 2.05) is 0 Å². The van der Waals surface area contributed by atoms with Crippen LogP contribution in [0.2, 0.25) is 5.15 Å². The standard InChI is InChI=1S/C13H17ClN4O4/c1-13(2,20)22-7-3-9(21-8(7)4-19)18-6-17-10-11(14)15-5-16-12(10)18/h5-9,19-20H,3-4H2,1-2H3/t7-,8+,9+/m0/s1. The second kappa shape index (κ2) is 5.71. The van der Waals surface area contributed by atoms with Crippen molar-refractivity contribution in [2.75, 3.05) is 6.61 Å². The lowest BCUT2D eigenvalue weighted by atomic mass is 10.1. The number of rotatable bonds is 4. The third-order valence-electron chi connectivity index (χ3n) is 3.42. The number of halogens is 1. The van der Waals surface area contributed by atoms with Crippen LogP contribution in [0.1, 0.15) is 26.5 Å². The van der Waals surface area contributed by atoms with Gasteiger partial charge >= 0.3 is 0 Å². The summed E-state index contributed by atoms with van der Waals surface area (Å²) in [7, 11) is 0. The summed E-state index contributed by atoms with van der Waals surface area (Å²) in [6.45, 7) is 2.86. The lowest BCUT2D eigenvalue weighted by molar-refractivity contribution is -0.216. The predicted molar refractivity (Wildman–Crippen MR) is 77.1 cm³/mol. The first-order valence-electron chi connectivity index (χ1n) is 6.88. The van der Waals surface area contributed by atoms with E-state index in [1.54, 1.807) is 10.9 Å². The average molecular weight is 329 g/mol. The fourth-order valence-corrected chi connectivity index (χ4v) is 2.74. The topological polar surface area (TPSA) is 103 Å². The van der Waals surface area contributed by atoms with Gasteiger partial charge in [0.2, 0.25) is 0 Å². The van der Waals surface area contributed by atoms with Crippen molar-refractivity contribution < 1.29 is 19.7 Å². The van der Waals surface area contributed by atoms with Gasteiger partial charge in [-0.25, -0.2) is 15.0 Å². The molecule has 1 fully saturated rings. The number of hydrogen-bond donors (Lipinski definition) is 2. The van der Waals surface area contributed by atoms with Crippen LogP contribution in [0.4, 0.5) is 0 Å². The molecule has 1 aliphatic heterocycles. The molecule has 0 saturated carbocycles. The van der Waals surface area contributed by atoms with E-state index in [0.29, 0.717) is 17.6 Å². The van der Waals surface area contributed by atoms with Crippen LogP contribution in [-0.2, 0) is 9.47 Å². The Bertz CT molecular complexity index is 672. The molecular weight excluding hydrogens is 312 g/mol. The molecule has 9 heteroatoms. The molecule has 0 bridgehead atoms. The highest BCUT2D eigenvalue weighted by Gasteiger charge is 2.39. The summed E-state index contributed by atoms with van der Waals surface area (Å²) in [6, 6.07) is 0. The first kappa shape index (κ1) is 15.6. The van der Waals surface area contributed by atoms with Gasteiger partial charge in [-0.3, -0.25) is 4.57 Å². The summed E-state index contributed by atoms with van der Waals surface area (Å²) in [6.07, 6.45) is 1.97. The van der Waals surface area contributed by atoms with Crippen LogP contribution in [-0.4, -0.2) is 54.3 Å². The zero-order chi connectivity index (χ0) is 15.9. The summed E-state index contributed by atoms with van der Waals surface area (Å²) < 4.78 is 13.1. The molecule has 22 heavy (non-hydrogen) atoms. The van der Waals surface area contributed by atoms with Gasteiger partial charge in [-0.15, -0.1) is 0 Å². The Morgan fingerprint density at radius 1 is 1.45 bits per heavy atom. The van der Waals surface area contributed by atoms with Crippen molar-refractivity contribution in [2.45, 2.75) is 44.5 Å². The van der Waals surface area contributed by atoms with E-state index >= 15 is 0 Å². The molecule has 120 valence electrons. The number of ether oxygens (including phenoxy) is 2. The summed E-state index contributed by atoms with van der Waals surface area (Å²) >= 11 is 5.98. The Hall–Kier alpha value is -1.32. The van der Waals surface area contributed by atoms with E-state index in [4.69, 9.17) is 21.1 Å². The molecule has 2 aromatic rings. The first-order valence-corrected chi connectivity index (χ1v) is 7.26. The normalized spacial score (nSPS) is 26.0. The van der Waals surface area contributed by atoms with E-state index in [0.717, 1.165) is 0 Å². The number of imidazole rings is 1. The molecule has 3 atom stereocenters. The fourth-order valence-electron chi connectivity index (χ4n) is 2.56. The molecular formula is C13H17ClN4O4. The van der Waals surface area contributed by atoms with E-state index in [9.17, 15) is 10.2 Å². The van der Waals surface area contributed by atoms with Gasteiger partial charge in [0.1, 0.15) is 24.2 Å². The Morgan fingerprint density at radius 3 is 2.91 bits per heavy atom. The van der Waals surface area contributed by atoms with E-state index in [-0.39, 0.29) is 11.8 Å². The van der Waals surface area contributed by atoms with E-state index in [2.05, 4.69) is 15.0 Å². The third-order valence-corrected chi connectivity index (χ3v) is 3.70. The van der Waals surface area contributed by atoms with Gasteiger partial charge in [-0.05, 0) is 13.8 Å². The van der Waals surface area contributed by atoms with Crippen molar-refractivity contribution in [3.63, 3.8) is 0 Å². The van der Waals surface area contributed by atoms with Crippen molar-refractivity contribution in [3.05, 3.63) is 17.8 Å². The highest BCUT2D eigenvalue weighted by Crippen LogP contribution is 2.34. The second-order valence-electron chi connectivity index (χ2n) is 5.64. The third kappa shape index (κ3) is 2.92. The Balaban J connectivity index is 1.87. The minimum absolute atomic E-state index is 0.209. The fraction of sp³-hybridized carbons (Fsp3) is 0.615. The Morgan fingerprint density at radius 2 is 2.23 bits per heavy atom. The number of aromatic nitrogens is 4. The highest BCUT2D eigenvalue weighted by molar-refractivity contribution is 6.33. The largest absolute Gasteiger partial charge is 0.394 e. The molecule has 1 saturated heterocycles. The monoisotopic (exact) mass is 328 g/mol. The summed E-state index contributed by atoms with van der Waals surface area (Å²) in [5, 5.41) is 19.5. The molecule has 1 aliphatic rings. The zero-order valence-electron chi connectivity index (χ0n) is 12.2. The van der Waals surface area contributed by atoms with Crippen molar-refractivity contribution in [3.8, 4) is 0 Å². The highest BCUT2D eigenvalue weighted by atomic mass is 35.5. The quantitative estimate of drug-likeness (QED) is 0.634. The number of aliphatic hydroxyl groups excluding tert-OH is 1. The van der Waals surface area contributed by atoms with Gasteiger partial charge < -0.3 is 19.7 Å². The van der Waals surface area contributed by atoms with Gasteiger partial charge in [-0.2, -0.15) is 0 Å². The molecule has 3 heterocycles. The lowest BCUT2D eigenvalue weighted by Crippen LogP contribution is -2.36. The minimum atomic E-state index is -1.31. The molecule has 8 nitrogen and oxygen atoms in total.